The van der Waals surface area contributed by atoms with Crippen molar-refractivity contribution in [2.45, 2.75) is 25.7 Å². The van der Waals surface area contributed by atoms with Gasteiger partial charge in [0.25, 0.3) is 0 Å². The van der Waals surface area contributed by atoms with Crippen molar-refractivity contribution in [3.05, 3.63) is 36.7 Å². The average molecular weight is 314 g/mol. The van der Waals surface area contributed by atoms with E-state index < -0.39 is 18.3 Å². The van der Waals surface area contributed by atoms with Gasteiger partial charge in [0.1, 0.15) is 5.82 Å². The van der Waals surface area contributed by atoms with Crippen LogP contribution in [0.3, 0.4) is 0 Å². The smallest absolute Gasteiger partial charge is 0.497 e. The van der Waals surface area contributed by atoms with Gasteiger partial charge in [-0.25, -0.2) is 4.39 Å². The van der Waals surface area contributed by atoms with Crippen LogP contribution in [0.5, 0.6) is 5.75 Å². The molecule has 0 bridgehead atoms. The normalized spacial score (nSPS) is 10.8. The van der Waals surface area contributed by atoms with Crippen LogP contribution in [-0.2, 0) is 0 Å². The van der Waals surface area contributed by atoms with Gasteiger partial charge in [-0.15, -0.1) is 6.58 Å². The van der Waals surface area contributed by atoms with Crippen molar-refractivity contribution >= 4 is 12.4 Å². The fraction of sp³-hybridized carbons (Fsp3) is 0.385. The van der Waals surface area contributed by atoms with Crippen molar-refractivity contribution in [1.29, 1.82) is 0 Å². The Labute approximate surface area is 159 Å². The van der Waals surface area contributed by atoms with Crippen LogP contribution in [0.1, 0.15) is 25.7 Å². The second-order valence-corrected chi connectivity index (χ2v) is 4.24. The first-order valence-corrected chi connectivity index (χ1v) is 6.18. The van der Waals surface area contributed by atoms with Crippen LogP contribution in [0, 0.1) is 5.82 Å². The van der Waals surface area contributed by atoms with Gasteiger partial charge in [0.2, 0.25) is 0 Å². The minimum atomic E-state index is -5.27. The molecule has 0 aliphatic heterocycles. The minimum absolute atomic E-state index is 0. The zero-order valence-electron chi connectivity index (χ0n) is 11.5. The zero-order chi connectivity index (χ0) is 14.3. The number of hydrogen-bond donors (Lipinski definition) is 0. The quantitative estimate of drug-likeness (QED) is 0.301. The van der Waals surface area contributed by atoms with Crippen LogP contribution in [0.4, 0.5) is 17.3 Å². The summed E-state index contributed by atoms with van der Waals surface area (Å²) in [5.41, 5.74) is -1.01. The topological polar surface area (TPSA) is 9.23 Å². The molecule has 106 valence electrons. The summed E-state index contributed by atoms with van der Waals surface area (Å²) in [4.78, 5) is 0. The molecule has 0 atom stereocenters. The number of benzene rings is 1. The number of allylic oxidation sites excluding steroid dienone is 1. The maximum Gasteiger partial charge on any atom is 1.00 e. The fourth-order valence-corrected chi connectivity index (χ4v) is 1.66. The van der Waals surface area contributed by atoms with Crippen molar-refractivity contribution in [1.82, 2.24) is 0 Å². The van der Waals surface area contributed by atoms with E-state index in [1.807, 2.05) is 0 Å². The van der Waals surface area contributed by atoms with Gasteiger partial charge in [-0.1, -0.05) is 11.5 Å². The van der Waals surface area contributed by atoms with Crippen molar-refractivity contribution in [2.75, 3.05) is 6.61 Å². The SMILES string of the molecule is C=CCCCCCOc1ccc(F)cc1[B-](F)(F)F.[K+]. The average Bonchev–Trinajstić information content (AvgIpc) is 2.34. The molecule has 0 heterocycles. The first-order chi connectivity index (χ1) is 8.95. The Bertz CT molecular complexity index is 423. The molecule has 0 aromatic heterocycles. The Balaban J connectivity index is 0.00000361. The summed E-state index contributed by atoms with van der Waals surface area (Å²) < 4.78 is 56.1. The summed E-state index contributed by atoms with van der Waals surface area (Å²) in [6.45, 7) is -1.49. The third-order valence-electron chi connectivity index (χ3n) is 2.63. The number of halogens is 4. The van der Waals surface area contributed by atoms with E-state index in [0.717, 1.165) is 31.4 Å². The molecule has 0 aliphatic carbocycles. The molecule has 20 heavy (non-hydrogen) atoms. The van der Waals surface area contributed by atoms with E-state index >= 15 is 0 Å². The van der Waals surface area contributed by atoms with Crippen molar-refractivity contribution in [3.63, 3.8) is 0 Å². The molecule has 0 fully saturated rings. The molecule has 0 unspecified atom stereocenters. The van der Waals surface area contributed by atoms with Crippen LogP contribution < -0.4 is 61.6 Å². The van der Waals surface area contributed by atoms with E-state index in [4.69, 9.17) is 4.74 Å². The third-order valence-corrected chi connectivity index (χ3v) is 2.63. The second kappa shape index (κ2) is 10.00. The summed E-state index contributed by atoms with van der Waals surface area (Å²) in [5, 5.41) is 0. The van der Waals surface area contributed by atoms with E-state index in [-0.39, 0.29) is 63.7 Å². The van der Waals surface area contributed by atoms with E-state index in [1.54, 1.807) is 6.08 Å². The molecule has 0 radical (unpaired) electrons. The van der Waals surface area contributed by atoms with Crippen molar-refractivity contribution in [2.24, 2.45) is 0 Å². The van der Waals surface area contributed by atoms with Gasteiger partial charge < -0.3 is 17.7 Å². The first kappa shape index (κ1) is 20.2. The maximum absolute atomic E-state index is 12.9. The predicted molar refractivity (Wildman–Crippen MR) is 69.3 cm³/mol. The van der Waals surface area contributed by atoms with Gasteiger partial charge in [0.15, 0.2) is 0 Å². The van der Waals surface area contributed by atoms with Gasteiger partial charge in [-0.2, -0.15) is 0 Å². The molecular formula is C13H16BF4KO. The van der Waals surface area contributed by atoms with Crippen LogP contribution in [0.25, 0.3) is 0 Å². The summed E-state index contributed by atoms with van der Waals surface area (Å²) in [7, 11) is 0. The maximum atomic E-state index is 12.9. The Morgan fingerprint density at radius 3 is 2.45 bits per heavy atom. The van der Waals surface area contributed by atoms with Gasteiger partial charge in [0, 0.05) is 0 Å². The van der Waals surface area contributed by atoms with Crippen LogP contribution in [0.2, 0.25) is 0 Å². The van der Waals surface area contributed by atoms with Gasteiger partial charge >= 0.3 is 58.4 Å². The number of ether oxygens (including phenoxy) is 1. The minimum Gasteiger partial charge on any atom is -0.497 e. The number of hydrogen-bond acceptors (Lipinski definition) is 1. The molecule has 0 N–H and O–H groups in total. The van der Waals surface area contributed by atoms with Crippen LogP contribution in [0.15, 0.2) is 30.9 Å². The molecule has 1 aromatic rings. The standard InChI is InChI=1S/C13H16BF4O.K/c1-2-3-4-5-6-9-19-13-8-7-11(15)10-12(13)14(16,17)18;/h2,7-8,10H,1,3-6,9H2;/q-1;+1. The Morgan fingerprint density at radius 2 is 1.85 bits per heavy atom. The van der Waals surface area contributed by atoms with E-state index in [0.29, 0.717) is 12.5 Å². The van der Waals surface area contributed by atoms with Gasteiger partial charge in [-0.3, -0.25) is 0 Å². The van der Waals surface area contributed by atoms with Gasteiger partial charge in [-0.05, 0) is 43.9 Å². The van der Waals surface area contributed by atoms with E-state index in [1.165, 1.54) is 0 Å². The summed E-state index contributed by atoms with van der Waals surface area (Å²) in [6, 6.07) is 2.48. The molecular weight excluding hydrogens is 298 g/mol. The molecule has 7 heteroatoms. The number of rotatable bonds is 8. The molecule has 0 saturated carbocycles. The first-order valence-electron chi connectivity index (χ1n) is 6.18. The Morgan fingerprint density at radius 1 is 1.15 bits per heavy atom. The molecule has 1 aromatic carbocycles. The third kappa shape index (κ3) is 7.26. The largest absolute Gasteiger partial charge is 1.00 e. The fourth-order valence-electron chi connectivity index (χ4n) is 1.66. The summed E-state index contributed by atoms with van der Waals surface area (Å²) in [5.74, 6) is -1.20. The summed E-state index contributed by atoms with van der Waals surface area (Å²) >= 11 is 0. The van der Waals surface area contributed by atoms with Crippen LogP contribution >= 0.6 is 0 Å². The monoisotopic (exact) mass is 314 g/mol. The van der Waals surface area contributed by atoms with Crippen LogP contribution in [-0.4, -0.2) is 13.6 Å². The Hall–Kier alpha value is 0.181. The Kier molecular flexibility index (Phi) is 10.1. The molecule has 0 aliphatic rings. The molecule has 0 saturated heterocycles. The van der Waals surface area contributed by atoms with E-state index in [9.17, 15) is 17.3 Å². The molecule has 0 spiro atoms. The molecule has 1 rings (SSSR count). The van der Waals surface area contributed by atoms with Gasteiger partial charge in [0.05, 0.1) is 12.4 Å². The molecule has 1 nitrogen and oxygen atoms in total. The van der Waals surface area contributed by atoms with Crippen molar-refractivity contribution < 1.29 is 73.5 Å². The zero-order valence-corrected chi connectivity index (χ0v) is 14.7. The number of unbranched alkanes of at least 4 members (excludes halogenated alkanes) is 3. The van der Waals surface area contributed by atoms with Crippen molar-refractivity contribution in [3.8, 4) is 5.75 Å². The predicted octanol–water partition coefficient (Wildman–Crippen LogP) is 1.01. The van der Waals surface area contributed by atoms with E-state index in [2.05, 4.69) is 6.58 Å². The molecule has 0 amide bonds. The second-order valence-electron chi connectivity index (χ2n) is 4.24. The summed E-state index contributed by atoms with van der Waals surface area (Å²) in [6.07, 6.45) is 5.14.